The van der Waals surface area contributed by atoms with Gasteiger partial charge in [-0.1, -0.05) is 12.1 Å². The first kappa shape index (κ1) is 14.7. The molecule has 4 nitrogen and oxygen atoms in total. The molecule has 2 saturated heterocycles. The van der Waals surface area contributed by atoms with Crippen LogP contribution < -0.4 is 0 Å². The highest BCUT2D eigenvalue weighted by molar-refractivity contribution is 5.04. The van der Waals surface area contributed by atoms with Crippen molar-refractivity contribution in [1.82, 2.24) is 9.88 Å². The Morgan fingerprint density at radius 3 is 3.29 bits per heavy atom. The van der Waals surface area contributed by atoms with Crippen molar-refractivity contribution in [1.29, 1.82) is 0 Å². The van der Waals surface area contributed by atoms with Crippen molar-refractivity contribution >= 4 is 0 Å². The summed E-state index contributed by atoms with van der Waals surface area (Å²) >= 11 is 0. The zero-order valence-corrected chi connectivity index (χ0v) is 12.5. The Labute approximate surface area is 126 Å². The summed E-state index contributed by atoms with van der Waals surface area (Å²) < 4.78 is 11.9. The molecule has 1 aromatic rings. The molecule has 0 saturated carbocycles. The summed E-state index contributed by atoms with van der Waals surface area (Å²) in [6, 6.07) is 6.10. The SMILES string of the molecule is C=CCO[C@H]1CO[C@]2(CCCN(Cc3ccccn3)C2)C1. The molecule has 3 heterocycles. The van der Waals surface area contributed by atoms with Crippen LogP contribution in [-0.2, 0) is 16.0 Å². The minimum Gasteiger partial charge on any atom is -0.372 e. The molecule has 2 fully saturated rings. The maximum Gasteiger partial charge on any atom is 0.0841 e. The molecule has 0 unspecified atom stereocenters. The van der Waals surface area contributed by atoms with Gasteiger partial charge in [0.25, 0.3) is 0 Å². The molecular formula is C17H24N2O2. The number of likely N-dealkylation sites (tertiary alicyclic amines) is 1. The van der Waals surface area contributed by atoms with Crippen molar-refractivity contribution in [3.63, 3.8) is 0 Å². The quantitative estimate of drug-likeness (QED) is 0.779. The molecule has 3 rings (SSSR count). The number of pyridine rings is 1. The molecule has 0 bridgehead atoms. The molecule has 21 heavy (non-hydrogen) atoms. The topological polar surface area (TPSA) is 34.6 Å². The Morgan fingerprint density at radius 2 is 2.48 bits per heavy atom. The van der Waals surface area contributed by atoms with E-state index in [4.69, 9.17) is 9.47 Å². The van der Waals surface area contributed by atoms with Crippen molar-refractivity contribution < 1.29 is 9.47 Å². The summed E-state index contributed by atoms with van der Waals surface area (Å²) in [7, 11) is 0. The van der Waals surface area contributed by atoms with E-state index in [0.717, 1.165) is 38.2 Å². The fourth-order valence-electron chi connectivity index (χ4n) is 3.44. The Bertz CT molecular complexity index is 465. The third-order valence-corrected chi connectivity index (χ3v) is 4.36. The number of rotatable bonds is 5. The molecule has 1 aromatic heterocycles. The summed E-state index contributed by atoms with van der Waals surface area (Å²) in [5.74, 6) is 0. The van der Waals surface area contributed by atoms with Gasteiger partial charge in [0.2, 0.25) is 0 Å². The lowest BCUT2D eigenvalue weighted by Crippen LogP contribution is -2.47. The standard InChI is InChI=1S/C17H24N2O2/c1-2-10-20-16-11-17(21-13-16)7-5-9-19(14-17)12-15-6-3-4-8-18-15/h2-4,6,8,16H,1,5,7,9-14H2/t16-,17-/m1/s1. The first-order valence-corrected chi connectivity index (χ1v) is 7.78. The van der Waals surface area contributed by atoms with Crippen LogP contribution in [0.3, 0.4) is 0 Å². The van der Waals surface area contributed by atoms with Gasteiger partial charge < -0.3 is 9.47 Å². The number of hydrogen-bond donors (Lipinski definition) is 0. The minimum atomic E-state index is -0.0150. The van der Waals surface area contributed by atoms with Gasteiger partial charge in [0.05, 0.1) is 30.6 Å². The van der Waals surface area contributed by atoms with Crippen molar-refractivity contribution in [2.75, 3.05) is 26.3 Å². The predicted octanol–water partition coefficient (Wildman–Crippen LogP) is 2.41. The van der Waals surface area contributed by atoms with Crippen LogP contribution in [0, 0.1) is 0 Å². The summed E-state index contributed by atoms with van der Waals surface area (Å²) in [5, 5.41) is 0. The number of aromatic nitrogens is 1. The normalized spacial score (nSPS) is 29.8. The second-order valence-corrected chi connectivity index (χ2v) is 6.08. The third kappa shape index (κ3) is 3.70. The van der Waals surface area contributed by atoms with Crippen LogP contribution in [0.4, 0.5) is 0 Å². The molecule has 0 N–H and O–H groups in total. The number of nitrogens with zero attached hydrogens (tertiary/aromatic N) is 2. The molecule has 0 radical (unpaired) electrons. The van der Waals surface area contributed by atoms with E-state index < -0.39 is 0 Å². The Hall–Kier alpha value is -1.23. The van der Waals surface area contributed by atoms with Crippen LogP contribution in [-0.4, -0.2) is 47.9 Å². The lowest BCUT2D eigenvalue weighted by molar-refractivity contribution is -0.0546. The van der Waals surface area contributed by atoms with Crippen LogP contribution in [0.5, 0.6) is 0 Å². The van der Waals surface area contributed by atoms with Gasteiger partial charge in [0.1, 0.15) is 0 Å². The summed E-state index contributed by atoms with van der Waals surface area (Å²) in [6.45, 7) is 8.05. The molecule has 1 spiro atoms. The van der Waals surface area contributed by atoms with Crippen molar-refractivity contribution in [2.24, 2.45) is 0 Å². The Balaban J connectivity index is 1.57. The van der Waals surface area contributed by atoms with E-state index in [1.807, 2.05) is 18.3 Å². The van der Waals surface area contributed by atoms with Crippen molar-refractivity contribution in [2.45, 2.75) is 37.5 Å². The molecule has 2 aliphatic heterocycles. The monoisotopic (exact) mass is 288 g/mol. The Morgan fingerprint density at radius 1 is 1.52 bits per heavy atom. The molecule has 0 aromatic carbocycles. The van der Waals surface area contributed by atoms with Gasteiger partial charge in [0.15, 0.2) is 0 Å². The third-order valence-electron chi connectivity index (χ3n) is 4.36. The fourth-order valence-corrected chi connectivity index (χ4v) is 3.44. The summed E-state index contributed by atoms with van der Waals surface area (Å²) in [5.41, 5.74) is 1.12. The lowest BCUT2D eigenvalue weighted by atomic mass is 9.89. The number of ether oxygens (including phenoxy) is 2. The van der Waals surface area contributed by atoms with E-state index in [9.17, 15) is 0 Å². The van der Waals surface area contributed by atoms with E-state index in [0.29, 0.717) is 13.2 Å². The smallest absolute Gasteiger partial charge is 0.0841 e. The molecule has 114 valence electrons. The molecule has 2 aliphatic rings. The van der Waals surface area contributed by atoms with Crippen molar-refractivity contribution in [3.05, 3.63) is 42.7 Å². The first-order valence-electron chi connectivity index (χ1n) is 7.78. The minimum absolute atomic E-state index is 0.0150. The van der Waals surface area contributed by atoms with Crippen LogP contribution in [0.2, 0.25) is 0 Å². The van der Waals surface area contributed by atoms with Gasteiger partial charge in [-0.3, -0.25) is 9.88 Å². The fraction of sp³-hybridized carbons (Fsp3) is 0.588. The lowest BCUT2D eigenvalue weighted by Gasteiger charge is -2.39. The highest BCUT2D eigenvalue weighted by atomic mass is 16.6. The van der Waals surface area contributed by atoms with Gasteiger partial charge in [-0.25, -0.2) is 0 Å². The van der Waals surface area contributed by atoms with Crippen LogP contribution in [0.1, 0.15) is 25.0 Å². The zero-order chi connectivity index (χ0) is 14.5. The number of piperidine rings is 1. The van der Waals surface area contributed by atoms with Crippen LogP contribution >= 0.6 is 0 Å². The van der Waals surface area contributed by atoms with E-state index in [1.165, 1.54) is 6.42 Å². The molecule has 2 atom stereocenters. The highest BCUT2D eigenvalue weighted by Crippen LogP contribution is 2.36. The van der Waals surface area contributed by atoms with Gasteiger partial charge in [-0.2, -0.15) is 0 Å². The van der Waals surface area contributed by atoms with E-state index >= 15 is 0 Å². The van der Waals surface area contributed by atoms with Gasteiger partial charge in [-0.05, 0) is 31.5 Å². The second kappa shape index (κ2) is 6.69. The first-order chi connectivity index (χ1) is 10.3. The van der Waals surface area contributed by atoms with Gasteiger partial charge in [-0.15, -0.1) is 6.58 Å². The molecule has 0 aliphatic carbocycles. The number of hydrogen-bond acceptors (Lipinski definition) is 4. The molecule has 0 amide bonds. The molecular weight excluding hydrogens is 264 g/mol. The largest absolute Gasteiger partial charge is 0.372 e. The van der Waals surface area contributed by atoms with Crippen LogP contribution in [0.15, 0.2) is 37.1 Å². The van der Waals surface area contributed by atoms with Crippen LogP contribution in [0.25, 0.3) is 0 Å². The summed E-state index contributed by atoms with van der Waals surface area (Å²) in [6.07, 6.45) is 7.21. The van der Waals surface area contributed by atoms with E-state index in [2.05, 4.69) is 22.5 Å². The highest BCUT2D eigenvalue weighted by Gasteiger charge is 2.43. The second-order valence-electron chi connectivity index (χ2n) is 6.08. The van der Waals surface area contributed by atoms with E-state index in [-0.39, 0.29) is 11.7 Å². The average Bonchev–Trinajstić information content (AvgIpc) is 2.89. The van der Waals surface area contributed by atoms with Crippen molar-refractivity contribution in [3.8, 4) is 0 Å². The van der Waals surface area contributed by atoms with Gasteiger partial charge >= 0.3 is 0 Å². The Kier molecular flexibility index (Phi) is 4.68. The summed E-state index contributed by atoms with van der Waals surface area (Å²) in [4.78, 5) is 6.89. The maximum atomic E-state index is 6.14. The maximum absolute atomic E-state index is 6.14. The van der Waals surface area contributed by atoms with Gasteiger partial charge in [0, 0.05) is 25.7 Å². The average molecular weight is 288 g/mol. The zero-order valence-electron chi connectivity index (χ0n) is 12.5. The van der Waals surface area contributed by atoms with E-state index in [1.54, 1.807) is 6.08 Å². The molecule has 4 heteroatoms. The predicted molar refractivity (Wildman–Crippen MR) is 82.0 cm³/mol.